The van der Waals surface area contributed by atoms with Crippen molar-refractivity contribution in [1.29, 1.82) is 0 Å². The first kappa shape index (κ1) is 14.7. The number of hydrogen-bond donors (Lipinski definition) is 2. The van der Waals surface area contributed by atoms with Gasteiger partial charge in [-0.1, -0.05) is 6.07 Å². The van der Waals surface area contributed by atoms with Crippen LogP contribution in [0, 0.1) is 5.41 Å². The second-order valence-electron chi connectivity index (χ2n) is 5.28. The van der Waals surface area contributed by atoms with Crippen LogP contribution in [0.3, 0.4) is 0 Å². The van der Waals surface area contributed by atoms with Gasteiger partial charge in [-0.15, -0.1) is 0 Å². The number of fused-ring (bicyclic) bond motifs is 1. The van der Waals surface area contributed by atoms with Crippen LogP contribution in [0.4, 0.5) is 0 Å². The molecule has 7 nitrogen and oxygen atoms in total. The number of carboxylic acids is 1. The predicted octanol–water partition coefficient (Wildman–Crippen LogP) is 0.535. The largest absolute Gasteiger partial charge is 0.481 e. The maximum Gasteiger partial charge on any atom is 0.310 e. The molecule has 1 amide bonds. The van der Waals surface area contributed by atoms with Crippen LogP contribution in [0.25, 0.3) is 5.65 Å². The Morgan fingerprint density at radius 1 is 1.38 bits per heavy atom. The summed E-state index contributed by atoms with van der Waals surface area (Å²) >= 11 is 0. The van der Waals surface area contributed by atoms with Crippen LogP contribution in [0.2, 0.25) is 0 Å². The molecule has 2 rings (SSSR count). The minimum atomic E-state index is -1.11. The Bertz CT molecular complexity index is 764. The molecule has 0 unspecified atom stereocenters. The Labute approximate surface area is 120 Å². The number of carbonyl (C=O) groups is 2. The van der Waals surface area contributed by atoms with Crippen molar-refractivity contribution < 1.29 is 14.7 Å². The number of pyridine rings is 1. The van der Waals surface area contributed by atoms with Gasteiger partial charge in [0.2, 0.25) is 0 Å². The van der Waals surface area contributed by atoms with E-state index in [4.69, 9.17) is 5.11 Å². The second-order valence-corrected chi connectivity index (χ2v) is 5.28. The third-order valence-electron chi connectivity index (χ3n) is 3.13. The highest BCUT2D eigenvalue weighted by Gasteiger charge is 2.28. The molecule has 0 aliphatic carbocycles. The molecule has 0 atom stereocenters. The van der Waals surface area contributed by atoms with Crippen LogP contribution in [-0.4, -0.2) is 32.9 Å². The van der Waals surface area contributed by atoms with Crippen molar-refractivity contribution in [3.8, 4) is 0 Å². The van der Waals surface area contributed by atoms with E-state index in [0.29, 0.717) is 5.65 Å². The van der Waals surface area contributed by atoms with Crippen molar-refractivity contribution in [2.24, 2.45) is 5.41 Å². The standard InChI is InChI=1S/C14H15N3O4/c1-14(2,13(20)21)8-16-11(18)9-7-15-10-5-3-4-6-17(10)12(9)19/h3-7H,8H2,1-2H3,(H,16,18)(H,20,21). The Morgan fingerprint density at radius 3 is 2.76 bits per heavy atom. The number of carbonyl (C=O) groups excluding carboxylic acids is 1. The minimum Gasteiger partial charge on any atom is -0.481 e. The summed E-state index contributed by atoms with van der Waals surface area (Å²) in [6, 6.07) is 5.04. The van der Waals surface area contributed by atoms with E-state index in [1.165, 1.54) is 30.6 Å². The van der Waals surface area contributed by atoms with Crippen LogP contribution < -0.4 is 10.9 Å². The van der Waals surface area contributed by atoms with Gasteiger partial charge in [0.05, 0.1) is 5.41 Å². The average molecular weight is 289 g/mol. The van der Waals surface area contributed by atoms with Gasteiger partial charge in [-0.25, -0.2) is 4.98 Å². The number of aliphatic carboxylic acids is 1. The van der Waals surface area contributed by atoms with Crippen LogP contribution in [-0.2, 0) is 4.79 Å². The minimum absolute atomic E-state index is 0.0852. The zero-order valence-corrected chi connectivity index (χ0v) is 11.7. The molecule has 0 aliphatic heterocycles. The molecule has 0 spiro atoms. The van der Waals surface area contributed by atoms with Crippen LogP contribution in [0.15, 0.2) is 35.4 Å². The zero-order chi connectivity index (χ0) is 15.6. The van der Waals surface area contributed by atoms with Gasteiger partial charge in [0.15, 0.2) is 0 Å². The first-order chi connectivity index (χ1) is 9.83. The van der Waals surface area contributed by atoms with Gasteiger partial charge in [-0.05, 0) is 26.0 Å². The highest BCUT2D eigenvalue weighted by atomic mass is 16.4. The van der Waals surface area contributed by atoms with Crippen molar-refractivity contribution in [3.05, 3.63) is 46.5 Å². The van der Waals surface area contributed by atoms with Gasteiger partial charge < -0.3 is 10.4 Å². The molecule has 21 heavy (non-hydrogen) atoms. The lowest BCUT2D eigenvalue weighted by molar-refractivity contribution is -0.146. The van der Waals surface area contributed by atoms with Crippen LogP contribution in [0.5, 0.6) is 0 Å². The summed E-state index contributed by atoms with van der Waals surface area (Å²) in [6.07, 6.45) is 2.71. The molecule has 0 saturated heterocycles. The monoisotopic (exact) mass is 289 g/mol. The molecule has 0 aromatic carbocycles. The molecule has 0 fully saturated rings. The summed E-state index contributed by atoms with van der Waals surface area (Å²) in [5, 5.41) is 11.4. The van der Waals surface area contributed by atoms with E-state index in [1.807, 2.05) is 0 Å². The molecule has 7 heteroatoms. The Hall–Kier alpha value is -2.70. The fraction of sp³-hybridized carbons (Fsp3) is 0.286. The Morgan fingerprint density at radius 2 is 2.10 bits per heavy atom. The zero-order valence-electron chi connectivity index (χ0n) is 11.7. The van der Waals surface area contributed by atoms with Crippen LogP contribution in [0.1, 0.15) is 24.2 Å². The average Bonchev–Trinajstić information content (AvgIpc) is 2.45. The van der Waals surface area contributed by atoms with Gasteiger partial charge in [0.1, 0.15) is 11.2 Å². The topological polar surface area (TPSA) is 101 Å². The summed E-state index contributed by atoms with van der Waals surface area (Å²) in [5.41, 5.74) is -1.30. The van der Waals surface area contributed by atoms with Crippen molar-refractivity contribution in [3.63, 3.8) is 0 Å². The third-order valence-corrected chi connectivity index (χ3v) is 3.13. The molecular formula is C14H15N3O4. The number of nitrogens with one attached hydrogen (secondary N) is 1. The molecule has 2 aromatic heterocycles. The summed E-state index contributed by atoms with van der Waals surface area (Å²) in [4.78, 5) is 39.2. The molecule has 0 saturated carbocycles. The quantitative estimate of drug-likeness (QED) is 0.855. The van der Waals surface area contributed by atoms with Gasteiger partial charge in [0, 0.05) is 18.9 Å². The fourth-order valence-electron chi connectivity index (χ4n) is 1.65. The smallest absolute Gasteiger partial charge is 0.310 e. The van der Waals surface area contributed by atoms with Crippen molar-refractivity contribution >= 4 is 17.5 Å². The summed E-state index contributed by atoms with van der Waals surface area (Å²) < 4.78 is 1.26. The number of rotatable bonds is 4. The van der Waals surface area contributed by atoms with E-state index >= 15 is 0 Å². The molecule has 0 bridgehead atoms. The molecule has 2 N–H and O–H groups in total. The molecule has 0 aliphatic rings. The highest BCUT2D eigenvalue weighted by Crippen LogP contribution is 2.13. The molecular weight excluding hydrogens is 274 g/mol. The molecule has 110 valence electrons. The van der Waals surface area contributed by atoms with Gasteiger partial charge in [0.25, 0.3) is 11.5 Å². The number of hydrogen-bond acceptors (Lipinski definition) is 4. The lowest BCUT2D eigenvalue weighted by atomic mass is 9.94. The van der Waals surface area contributed by atoms with Crippen molar-refractivity contribution in [2.45, 2.75) is 13.8 Å². The first-order valence-electron chi connectivity index (χ1n) is 6.31. The number of amides is 1. The van der Waals surface area contributed by atoms with Crippen molar-refractivity contribution in [2.75, 3.05) is 6.54 Å². The van der Waals surface area contributed by atoms with E-state index in [-0.39, 0.29) is 12.1 Å². The SMILES string of the molecule is CC(C)(CNC(=O)c1cnc2ccccn2c1=O)C(=O)O. The lowest BCUT2D eigenvalue weighted by Crippen LogP contribution is -2.40. The molecule has 0 radical (unpaired) electrons. The van der Waals surface area contributed by atoms with E-state index in [2.05, 4.69) is 10.3 Å². The normalized spacial score (nSPS) is 11.3. The lowest BCUT2D eigenvalue weighted by Gasteiger charge is -2.19. The van der Waals surface area contributed by atoms with E-state index in [0.717, 1.165) is 0 Å². The first-order valence-corrected chi connectivity index (χ1v) is 6.31. The molecule has 2 heterocycles. The number of aromatic nitrogens is 2. The van der Waals surface area contributed by atoms with Crippen LogP contribution >= 0.6 is 0 Å². The van der Waals surface area contributed by atoms with E-state index < -0.39 is 22.9 Å². The Balaban J connectivity index is 2.27. The summed E-state index contributed by atoms with van der Waals surface area (Å²) in [5.74, 6) is -1.67. The Kier molecular flexibility index (Phi) is 3.75. The van der Waals surface area contributed by atoms with E-state index in [1.54, 1.807) is 18.2 Å². The fourth-order valence-corrected chi connectivity index (χ4v) is 1.65. The van der Waals surface area contributed by atoms with Gasteiger partial charge >= 0.3 is 5.97 Å². The third kappa shape index (κ3) is 2.91. The highest BCUT2D eigenvalue weighted by molar-refractivity contribution is 5.94. The summed E-state index contributed by atoms with van der Waals surface area (Å²) in [7, 11) is 0. The summed E-state index contributed by atoms with van der Waals surface area (Å²) in [6.45, 7) is 2.89. The number of carboxylic acid groups (broad SMARTS) is 1. The predicted molar refractivity (Wildman–Crippen MR) is 75.2 cm³/mol. The maximum absolute atomic E-state index is 12.2. The number of nitrogens with zero attached hydrogens (tertiary/aromatic N) is 2. The second kappa shape index (κ2) is 5.35. The van der Waals surface area contributed by atoms with Gasteiger partial charge in [-0.3, -0.25) is 18.8 Å². The van der Waals surface area contributed by atoms with E-state index in [9.17, 15) is 14.4 Å². The van der Waals surface area contributed by atoms with Crippen molar-refractivity contribution in [1.82, 2.24) is 14.7 Å². The van der Waals surface area contributed by atoms with Gasteiger partial charge in [-0.2, -0.15) is 0 Å². The maximum atomic E-state index is 12.2. The molecule has 2 aromatic rings.